The second-order valence-electron chi connectivity index (χ2n) is 3.55. The molecule has 1 rings (SSSR count). The van der Waals surface area contributed by atoms with Crippen molar-refractivity contribution < 1.29 is 22.6 Å². The molecule has 98 valence electrons. The molecule has 18 heavy (non-hydrogen) atoms. The number of benzene rings is 1. The van der Waals surface area contributed by atoms with Crippen LogP contribution in [0.4, 0.5) is 11.4 Å². The molecule has 0 bridgehead atoms. The highest BCUT2D eigenvalue weighted by Gasteiger charge is 2.17. The Kier molecular flexibility index (Phi) is 4.04. The number of hydrogen-bond donors (Lipinski definition) is 3. The number of nitrogens with one attached hydrogen (secondary N) is 2. The summed E-state index contributed by atoms with van der Waals surface area (Å²) in [5.74, 6) is -0.865. The summed E-state index contributed by atoms with van der Waals surface area (Å²) in [6.07, 6.45) is 0. The first-order valence-electron chi connectivity index (χ1n) is 4.87. The third kappa shape index (κ3) is 3.82. The first-order chi connectivity index (χ1) is 8.20. The summed E-state index contributed by atoms with van der Waals surface area (Å²) in [5, 5.41) is 4.64. The van der Waals surface area contributed by atoms with Crippen molar-refractivity contribution in [3.8, 4) is 0 Å². The first kappa shape index (κ1) is 14.1. The van der Waals surface area contributed by atoms with Crippen LogP contribution in [0.2, 0.25) is 0 Å². The molecular formula is C10H12N2O5S. The van der Waals surface area contributed by atoms with E-state index in [-0.39, 0.29) is 17.3 Å². The Morgan fingerprint density at radius 2 is 1.67 bits per heavy atom. The van der Waals surface area contributed by atoms with Crippen LogP contribution >= 0.6 is 0 Å². The molecule has 2 amide bonds. The van der Waals surface area contributed by atoms with Crippen molar-refractivity contribution in [2.45, 2.75) is 18.7 Å². The average Bonchev–Trinajstić information content (AvgIpc) is 2.17. The molecule has 0 heterocycles. The molecule has 1 aromatic rings. The average molecular weight is 272 g/mol. The van der Waals surface area contributed by atoms with E-state index in [1.807, 2.05) is 0 Å². The Morgan fingerprint density at radius 3 is 2.11 bits per heavy atom. The van der Waals surface area contributed by atoms with Gasteiger partial charge in [0.2, 0.25) is 11.8 Å². The summed E-state index contributed by atoms with van der Waals surface area (Å²) in [6.45, 7) is 2.46. The van der Waals surface area contributed by atoms with Crippen molar-refractivity contribution in [2.24, 2.45) is 0 Å². The molecule has 0 aromatic heterocycles. The van der Waals surface area contributed by atoms with E-state index in [4.69, 9.17) is 4.55 Å². The summed E-state index contributed by atoms with van der Waals surface area (Å²) < 4.78 is 31.4. The van der Waals surface area contributed by atoms with Crippen molar-refractivity contribution in [3.05, 3.63) is 18.2 Å². The number of anilines is 2. The molecule has 0 saturated heterocycles. The monoisotopic (exact) mass is 272 g/mol. The SMILES string of the molecule is CC(=O)Nc1ccc(NC(C)=O)c(S(=O)(=O)O)c1. The highest BCUT2D eigenvalue weighted by atomic mass is 32.2. The number of carbonyl (C=O) groups excluding carboxylic acids is 2. The maximum absolute atomic E-state index is 11.2. The summed E-state index contributed by atoms with van der Waals surface area (Å²) in [7, 11) is -4.50. The van der Waals surface area contributed by atoms with Gasteiger partial charge in [-0.3, -0.25) is 14.1 Å². The van der Waals surface area contributed by atoms with Gasteiger partial charge in [0.15, 0.2) is 0 Å². The van der Waals surface area contributed by atoms with Crippen LogP contribution in [0.15, 0.2) is 23.1 Å². The van der Waals surface area contributed by atoms with E-state index in [1.165, 1.54) is 26.0 Å². The van der Waals surface area contributed by atoms with Crippen LogP contribution in [0.1, 0.15) is 13.8 Å². The zero-order valence-electron chi connectivity index (χ0n) is 9.72. The van der Waals surface area contributed by atoms with Crippen LogP contribution in [-0.2, 0) is 19.7 Å². The van der Waals surface area contributed by atoms with Gasteiger partial charge in [-0.05, 0) is 18.2 Å². The number of rotatable bonds is 3. The van der Waals surface area contributed by atoms with E-state index >= 15 is 0 Å². The van der Waals surface area contributed by atoms with Crippen molar-refractivity contribution >= 4 is 33.3 Å². The van der Waals surface area contributed by atoms with Crippen LogP contribution < -0.4 is 10.6 Å². The van der Waals surface area contributed by atoms with Crippen LogP contribution in [0.5, 0.6) is 0 Å². The molecule has 8 heteroatoms. The molecule has 0 spiro atoms. The van der Waals surface area contributed by atoms with E-state index in [0.717, 1.165) is 6.07 Å². The molecule has 0 aliphatic heterocycles. The second kappa shape index (κ2) is 5.15. The van der Waals surface area contributed by atoms with Crippen molar-refractivity contribution in [2.75, 3.05) is 10.6 Å². The van der Waals surface area contributed by atoms with E-state index in [2.05, 4.69) is 10.6 Å². The number of hydrogen-bond acceptors (Lipinski definition) is 4. The lowest BCUT2D eigenvalue weighted by molar-refractivity contribution is -0.115. The second-order valence-corrected chi connectivity index (χ2v) is 4.94. The molecule has 0 radical (unpaired) electrons. The summed E-state index contributed by atoms with van der Waals surface area (Å²) in [4.78, 5) is 21.3. The molecule has 0 atom stereocenters. The van der Waals surface area contributed by atoms with Gasteiger partial charge in [-0.1, -0.05) is 0 Å². The molecule has 7 nitrogen and oxygen atoms in total. The lowest BCUT2D eigenvalue weighted by Gasteiger charge is -2.10. The fourth-order valence-electron chi connectivity index (χ4n) is 1.31. The quantitative estimate of drug-likeness (QED) is 0.706. The van der Waals surface area contributed by atoms with Gasteiger partial charge < -0.3 is 10.6 Å². The molecule has 0 saturated carbocycles. The summed E-state index contributed by atoms with van der Waals surface area (Å²) in [6, 6.07) is 3.74. The van der Waals surface area contributed by atoms with Crippen LogP contribution in [0.25, 0.3) is 0 Å². The highest BCUT2D eigenvalue weighted by molar-refractivity contribution is 7.86. The van der Waals surface area contributed by atoms with Gasteiger partial charge >= 0.3 is 0 Å². The van der Waals surface area contributed by atoms with Crippen molar-refractivity contribution in [3.63, 3.8) is 0 Å². The fraction of sp³-hybridized carbons (Fsp3) is 0.200. The van der Waals surface area contributed by atoms with E-state index < -0.39 is 20.9 Å². The molecular weight excluding hydrogens is 260 g/mol. The Labute approximate surface area is 104 Å². The lowest BCUT2D eigenvalue weighted by Crippen LogP contribution is -2.12. The third-order valence-corrected chi connectivity index (χ3v) is 2.78. The molecule has 0 fully saturated rings. The Bertz CT molecular complexity index is 594. The smallest absolute Gasteiger partial charge is 0.296 e. The standard InChI is InChI=1S/C10H12N2O5S/c1-6(13)11-8-3-4-9(12-7(2)14)10(5-8)18(15,16)17/h3-5H,1-2H3,(H,11,13)(H,12,14)(H,15,16,17). The normalized spacial score (nSPS) is 10.8. The number of carbonyl (C=O) groups is 2. The summed E-state index contributed by atoms with van der Waals surface area (Å²) in [5.41, 5.74) is 0.142. The Hall–Kier alpha value is -1.93. The molecule has 0 unspecified atom stereocenters. The minimum absolute atomic E-state index is 0.0564. The van der Waals surface area contributed by atoms with Crippen LogP contribution in [0, 0.1) is 0 Å². The first-order valence-corrected chi connectivity index (χ1v) is 6.31. The van der Waals surface area contributed by atoms with Crippen molar-refractivity contribution in [1.82, 2.24) is 0 Å². The largest absolute Gasteiger partial charge is 0.326 e. The van der Waals surface area contributed by atoms with Crippen LogP contribution in [-0.4, -0.2) is 24.8 Å². The molecule has 1 aromatic carbocycles. The number of amides is 2. The molecule has 3 N–H and O–H groups in total. The van der Waals surface area contributed by atoms with E-state index in [1.54, 1.807) is 0 Å². The van der Waals surface area contributed by atoms with E-state index in [0.29, 0.717) is 0 Å². The third-order valence-electron chi connectivity index (χ3n) is 1.89. The van der Waals surface area contributed by atoms with Gasteiger partial charge in [-0.15, -0.1) is 0 Å². The predicted octanol–water partition coefficient (Wildman–Crippen LogP) is 0.850. The fourth-order valence-corrected chi connectivity index (χ4v) is 1.98. The molecule has 0 aliphatic carbocycles. The maximum atomic E-state index is 11.2. The van der Waals surface area contributed by atoms with Gasteiger partial charge in [0.05, 0.1) is 5.69 Å². The molecule has 0 aliphatic rings. The van der Waals surface area contributed by atoms with Gasteiger partial charge in [-0.2, -0.15) is 8.42 Å². The predicted molar refractivity (Wildman–Crippen MR) is 64.9 cm³/mol. The highest BCUT2D eigenvalue weighted by Crippen LogP contribution is 2.25. The van der Waals surface area contributed by atoms with E-state index in [9.17, 15) is 18.0 Å². The Morgan fingerprint density at radius 1 is 1.11 bits per heavy atom. The van der Waals surface area contributed by atoms with Gasteiger partial charge in [0, 0.05) is 19.5 Å². The van der Waals surface area contributed by atoms with Gasteiger partial charge in [0.25, 0.3) is 10.1 Å². The van der Waals surface area contributed by atoms with Crippen molar-refractivity contribution in [1.29, 1.82) is 0 Å². The van der Waals surface area contributed by atoms with Gasteiger partial charge in [-0.25, -0.2) is 0 Å². The topological polar surface area (TPSA) is 113 Å². The van der Waals surface area contributed by atoms with Crippen LogP contribution in [0.3, 0.4) is 0 Å². The minimum atomic E-state index is -4.50. The maximum Gasteiger partial charge on any atom is 0.296 e. The minimum Gasteiger partial charge on any atom is -0.326 e. The van der Waals surface area contributed by atoms with Gasteiger partial charge in [0.1, 0.15) is 4.90 Å². The zero-order chi connectivity index (χ0) is 13.9. The summed E-state index contributed by atoms with van der Waals surface area (Å²) >= 11 is 0. The zero-order valence-corrected chi connectivity index (χ0v) is 10.5. The lowest BCUT2D eigenvalue weighted by atomic mass is 10.2. The Balaban J connectivity index is 3.29.